The summed E-state index contributed by atoms with van der Waals surface area (Å²) in [6.45, 7) is 3.77. The number of hydrogen-bond donors (Lipinski definition) is 0. The molecule has 2 aromatic rings. The zero-order chi connectivity index (χ0) is 15.9. The Morgan fingerprint density at radius 1 is 1.32 bits per heavy atom. The van der Waals surface area contributed by atoms with Crippen molar-refractivity contribution in [1.82, 2.24) is 9.97 Å². The highest BCUT2D eigenvalue weighted by Gasteiger charge is 2.20. The maximum Gasteiger partial charge on any atom is 0.342 e. The van der Waals surface area contributed by atoms with Crippen molar-refractivity contribution >= 4 is 17.7 Å². The van der Waals surface area contributed by atoms with E-state index in [0.717, 1.165) is 5.56 Å². The Morgan fingerprint density at radius 2 is 2.05 bits per heavy atom. The highest BCUT2D eigenvalue weighted by atomic mass is 32.2. The molecule has 0 bridgehead atoms. The van der Waals surface area contributed by atoms with Crippen molar-refractivity contribution in [3.8, 4) is 17.5 Å². The van der Waals surface area contributed by atoms with E-state index in [1.807, 2.05) is 36.4 Å². The molecule has 0 saturated heterocycles. The van der Waals surface area contributed by atoms with Crippen molar-refractivity contribution in [2.24, 2.45) is 0 Å². The molecule has 0 amide bonds. The van der Waals surface area contributed by atoms with Crippen molar-refractivity contribution in [3.63, 3.8) is 0 Å². The molecule has 0 fully saturated rings. The van der Waals surface area contributed by atoms with Crippen molar-refractivity contribution in [3.05, 3.63) is 41.6 Å². The number of esters is 1. The van der Waals surface area contributed by atoms with Crippen LogP contribution in [0.3, 0.4) is 0 Å². The van der Waals surface area contributed by atoms with Gasteiger partial charge >= 0.3 is 5.97 Å². The molecule has 1 aromatic heterocycles. The van der Waals surface area contributed by atoms with E-state index in [1.165, 1.54) is 11.8 Å². The normalized spacial score (nSPS) is 10.0. The monoisotopic (exact) mass is 313 g/mol. The van der Waals surface area contributed by atoms with Gasteiger partial charge in [0.1, 0.15) is 10.6 Å². The number of nitriles is 1. The number of ether oxygens (including phenoxy) is 1. The number of benzene rings is 1. The number of aryl methyl sites for hydroxylation is 1. The molecule has 0 atom stereocenters. The lowest BCUT2D eigenvalue weighted by atomic mass is 10.2. The van der Waals surface area contributed by atoms with Gasteiger partial charge in [-0.3, -0.25) is 0 Å². The first kappa shape index (κ1) is 16.0. The van der Waals surface area contributed by atoms with Crippen LogP contribution < -0.4 is 0 Å². The average Bonchev–Trinajstić information content (AvgIpc) is 2.53. The van der Waals surface area contributed by atoms with Crippen LogP contribution in [-0.2, 0) is 4.74 Å². The molecule has 0 unspecified atom stereocenters. The largest absolute Gasteiger partial charge is 0.462 e. The summed E-state index contributed by atoms with van der Waals surface area (Å²) < 4.78 is 5.06. The van der Waals surface area contributed by atoms with Crippen molar-refractivity contribution < 1.29 is 9.53 Å². The van der Waals surface area contributed by atoms with E-state index in [0.29, 0.717) is 22.1 Å². The number of aromatic nitrogens is 2. The smallest absolute Gasteiger partial charge is 0.342 e. The Kier molecular flexibility index (Phi) is 5.50. The summed E-state index contributed by atoms with van der Waals surface area (Å²) in [6, 6.07) is 11.6. The summed E-state index contributed by atoms with van der Waals surface area (Å²) in [5, 5.41) is 9.26. The first-order valence-corrected chi connectivity index (χ1v) is 7.76. The number of thioether (sulfide) groups is 1. The van der Waals surface area contributed by atoms with E-state index in [-0.39, 0.29) is 12.4 Å². The molecule has 22 heavy (non-hydrogen) atoms. The molecule has 0 aliphatic carbocycles. The van der Waals surface area contributed by atoms with E-state index in [9.17, 15) is 4.79 Å². The Labute approximate surface area is 133 Å². The molecule has 0 saturated carbocycles. The van der Waals surface area contributed by atoms with Crippen LogP contribution in [-0.4, -0.2) is 28.3 Å². The molecule has 0 aliphatic heterocycles. The van der Waals surface area contributed by atoms with Gasteiger partial charge in [0.05, 0.1) is 24.1 Å². The van der Waals surface area contributed by atoms with Crippen LogP contribution in [0.15, 0.2) is 35.4 Å². The summed E-state index contributed by atoms with van der Waals surface area (Å²) in [6.07, 6.45) is 0. The van der Waals surface area contributed by atoms with Crippen LogP contribution in [0.5, 0.6) is 0 Å². The number of hydrogen-bond acceptors (Lipinski definition) is 6. The predicted molar refractivity (Wildman–Crippen MR) is 84.5 cm³/mol. The molecular formula is C16H15N3O2S. The van der Waals surface area contributed by atoms with Crippen molar-refractivity contribution in [2.45, 2.75) is 18.9 Å². The standard InChI is InChI=1S/C16H15N3O2S/c1-3-21-16(20)13-11(2)18-14(12-7-5-4-6-8-12)19-15(13)22-10-9-17/h4-8H,3,10H2,1-2H3. The highest BCUT2D eigenvalue weighted by Crippen LogP contribution is 2.26. The lowest BCUT2D eigenvalue weighted by Crippen LogP contribution is -2.12. The zero-order valence-electron chi connectivity index (χ0n) is 12.4. The summed E-state index contributed by atoms with van der Waals surface area (Å²) in [5.74, 6) is 0.281. The molecule has 6 heteroatoms. The molecule has 0 radical (unpaired) electrons. The molecule has 1 heterocycles. The molecule has 0 N–H and O–H groups in total. The highest BCUT2D eigenvalue weighted by molar-refractivity contribution is 7.99. The lowest BCUT2D eigenvalue weighted by Gasteiger charge is -2.11. The molecule has 5 nitrogen and oxygen atoms in total. The van der Waals surface area contributed by atoms with Gasteiger partial charge in [0.2, 0.25) is 0 Å². The van der Waals surface area contributed by atoms with Crippen LogP contribution in [0, 0.1) is 18.3 Å². The molecular weight excluding hydrogens is 298 g/mol. The van der Waals surface area contributed by atoms with Gasteiger partial charge in [-0.05, 0) is 13.8 Å². The van der Waals surface area contributed by atoms with Gasteiger partial charge in [-0.2, -0.15) is 5.26 Å². The Bertz CT molecular complexity index is 711. The minimum absolute atomic E-state index is 0.205. The van der Waals surface area contributed by atoms with Gasteiger partial charge in [0.25, 0.3) is 0 Å². The van der Waals surface area contributed by atoms with Crippen LogP contribution >= 0.6 is 11.8 Å². The van der Waals surface area contributed by atoms with Crippen LogP contribution in [0.4, 0.5) is 0 Å². The molecule has 2 rings (SSSR count). The van der Waals surface area contributed by atoms with E-state index < -0.39 is 5.97 Å². The van der Waals surface area contributed by atoms with Gasteiger partial charge in [-0.25, -0.2) is 14.8 Å². The third-order valence-corrected chi connectivity index (χ3v) is 3.68. The van der Waals surface area contributed by atoms with Crippen molar-refractivity contribution in [2.75, 3.05) is 12.4 Å². The molecule has 1 aromatic carbocycles. The first-order chi connectivity index (χ1) is 10.7. The van der Waals surface area contributed by atoms with E-state index in [2.05, 4.69) is 9.97 Å². The molecule has 0 spiro atoms. The van der Waals surface area contributed by atoms with E-state index in [1.54, 1.807) is 13.8 Å². The first-order valence-electron chi connectivity index (χ1n) is 6.78. The quantitative estimate of drug-likeness (QED) is 0.479. The van der Waals surface area contributed by atoms with Gasteiger partial charge in [-0.1, -0.05) is 42.1 Å². The van der Waals surface area contributed by atoms with Crippen LogP contribution in [0.25, 0.3) is 11.4 Å². The minimum Gasteiger partial charge on any atom is -0.462 e. The second kappa shape index (κ2) is 7.57. The summed E-state index contributed by atoms with van der Waals surface area (Å²) in [5.41, 5.74) is 1.74. The van der Waals surface area contributed by atoms with Crippen LogP contribution in [0.2, 0.25) is 0 Å². The Balaban J connectivity index is 2.51. The fraction of sp³-hybridized carbons (Fsp3) is 0.250. The summed E-state index contributed by atoms with van der Waals surface area (Å²) in [7, 11) is 0. The van der Waals surface area contributed by atoms with E-state index >= 15 is 0 Å². The maximum atomic E-state index is 12.1. The maximum absolute atomic E-state index is 12.1. The Morgan fingerprint density at radius 3 is 2.68 bits per heavy atom. The van der Waals surface area contributed by atoms with Crippen LogP contribution in [0.1, 0.15) is 23.0 Å². The number of carbonyl (C=O) groups is 1. The van der Waals surface area contributed by atoms with Gasteiger partial charge in [-0.15, -0.1) is 0 Å². The third-order valence-electron chi connectivity index (χ3n) is 2.84. The number of carbonyl (C=O) groups excluding carboxylic acids is 1. The van der Waals surface area contributed by atoms with E-state index in [4.69, 9.17) is 10.00 Å². The van der Waals surface area contributed by atoms with Gasteiger partial charge in [0, 0.05) is 5.56 Å². The average molecular weight is 313 g/mol. The minimum atomic E-state index is -0.458. The fourth-order valence-corrected chi connectivity index (χ4v) is 2.63. The molecule has 112 valence electrons. The predicted octanol–water partition coefficient (Wildman–Crippen LogP) is 3.24. The topological polar surface area (TPSA) is 75.9 Å². The summed E-state index contributed by atoms with van der Waals surface area (Å²) >= 11 is 1.21. The lowest BCUT2D eigenvalue weighted by molar-refractivity contribution is 0.0520. The summed E-state index contributed by atoms with van der Waals surface area (Å²) in [4.78, 5) is 21.0. The van der Waals surface area contributed by atoms with Crippen molar-refractivity contribution in [1.29, 1.82) is 5.26 Å². The molecule has 0 aliphatic rings. The zero-order valence-corrected chi connectivity index (χ0v) is 13.2. The fourth-order valence-electron chi connectivity index (χ4n) is 1.91. The third kappa shape index (κ3) is 3.62. The SMILES string of the molecule is CCOC(=O)c1c(C)nc(-c2ccccc2)nc1SCC#N. The number of rotatable bonds is 5. The van der Waals surface area contributed by atoms with Gasteiger partial charge < -0.3 is 4.74 Å². The second-order valence-electron chi connectivity index (χ2n) is 4.35. The second-order valence-corrected chi connectivity index (χ2v) is 5.31. The van der Waals surface area contributed by atoms with Gasteiger partial charge in [0.15, 0.2) is 5.82 Å². The number of nitrogens with zero attached hydrogens (tertiary/aromatic N) is 3. The Hall–Kier alpha value is -2.39.